The van der Waals surface area contributed by atoms with E-state index in [1.165, 1.54) is 11.1 Å². The predicted molar refractivity (Wildman–Crippen MR) is 85.8 cm³/mol. The van der Waals surface area contributed by atoms with Crippen LogP contribution in [0, 0.1) is 30.9 Å². The molecule has 1 N–H and O–H groups in total. The van der Waals surface area contributed by atoms with Gasteiger partial charge in [0.25, 0.3) is 5.69 Å². The first-order valence-corrected chi connectivity index (χ1v) is 6.98. The molecular weight excluding hydrogens is 264 g/mol. The molecule has 0 aliphatic rings. The molecule has 0 spiro atoms. The minimum Gasteiger partial charge on any atom is -0.378 e. The van der Waals surface area contributed by atoms with Crippen LogP contribution >= 0.6 is 0 Å². The van der Waals surface area contributed by atoms with Crippen molar-refractivity contribution in [3.8, 4) is 0 Å². The standard InChI is InChI=1S/C17H20N2O2/c1-11-7-5-6-8-15(11)14(4)18-16-9-13(3)17(19(20)21)10-12(16)2/h5-10,14,18H,1-4H3. The maximum absolute atomic E-state index is 11.0. The topological polar surface area (TPSA) is 55.2 Å². The highest BCUT2D eigenvalue weighted by Gasteiger charge is 2.15. The number of nitrogens with one attached hydrogen (secondary N) is 1. The van der Waals surface area contributed by atoms with Crippen LogP contribution in [0.15, 0.2) is 36.4 Å². The molecule has 110 valence electrons. The second-order valence-corrected chi connectivity index (χ2v) is 5.43. The maximum Gasteiger partial charge on any atom is 0.272 e. The van der Waals surface area contributed by atoms with Gasteiger partial charge in [0.2, 0.25) is 0 Å². The zero-order valence-electron chi connectivity index (χ0n) is 12.8. The lowest BCUT2D eigenvalue weighted by Crippen LogP contribution is -2.09. The Morgan fingerprint density at radius 2 is 1.71 bits per heavy atom. The molecule has 2 aromatic rings. The van der Waals surface area contributed by atoms with Gasteiger partial charge in [-0.1, -0.05) is 24.3 Å². The fourth-order valence-corrected chi connectivity index (χ4v) is 2.54. The Labute approximate surface area is 125 Å². The number of hydrogen-bond donors (Lipinski definition) is 1. The van der Waals surface area contributed by atoms with Crippen molar-refractivity contribution in [2.75, 3.05) is 5.32 Å². The molecule has 1 unspecified atom stereocenters. The van der Waals surface area contributed by atoms with Crippen molar-refractivity contribution >= 4 is 11.4 Å². The molecule has 0 aromatic heterocycles. The summed E-state index contributed by atoms with van der Waals surface area (Å²) in [5.41, 5.74) is 5.12. The van der Waals surface area contributed by atoms with E-state index in [2.05, 4.69) is 31.3 Å². The van der Waals surface area contributed by atoms with Crippen LogP contribution in [0.4, 0.5) is 11.4 Å². The number of hydrogen-bond acceptors (Lipinski definition) is 3. The molecule has 2 rings (SSSR count). The number of nitro groups is 1. The molecule has 0 aliphatic heterocycles. The van der Waals surface area contributed by atoms with E-state index in [9.17, 15) is 10.1 Å². The molecule has 0 heterocycles. The normalized spacial score (nSPS) is 12.0. The number of anilines is 1. The van der Waals surface area contributed by atoms with Crippen LogP contribution in [0.1, 0.15) is 35.2 Å². The number of aryl methyl sites for hydroxylation is 3. The zero-order valence-corrected chi connectivity index (χ0v) is 12.8. The summed E-state index contributed by atoms with van der Waals surface area (Å²) >= 11 is 0. The Kier molecular flexibility index (Phi) is 4.26. The Balaban J connectivity index is 2.30. The van der Waals surface area contributed by atoms with E-state index in [0.717, 1.165) is 11.3 Å². The van der Waals surface area contributed by atoms with E-state index < -0.39 is 0 Å². The van der Waals surface area contributed by atoms with Crippen molar-refractivity contribution in [3.63, 3.8) is 0 Å². The van der Waals surface area contributed by atoms with Gasteiger partial charge in [-0.3, -0.25) is 10.1 Å². The third kappa shape index (κ3) is 3.21. The van der Waals surface area contributed by atoms with Gasteiger partial charge in [0.05, 0.1) is 4.92 Å². The number of rotatable bonds is 4. The Morgan fingerprint density at radius 3 is 2.33 bits per heavy atom. The van der Waals surface area contributed by atoms with Gasteiger partial charge in [-0.25, -0.2) is 0 Å². The summed E-state index contributed by atoms with van der Waals surface area (Å²) in [6, 6.07) is 11.8. The van der Waals surface area contributed by atoms with Crippen LogP contribution < -0.4 is 5.32 Å². The average molecular weight is 284 g/mol. The van der Waals surface area contributed by atoms with Gasteiger partial charge < -0.3 is 5.32 Å². The van der Waals surface area contributed by atoms with Gasteiger partial charge in [0.15, 0.2) is 0 Å². The van der Waals surface area contributed by atoms with Crippen molar-refractivity contribution < 1.29 is 4.92 Å². The lowest BCUT2D eigenvalue weighted by Gasteiger charge is -2.19. The highest BCUT2D eigenvalue weighted by atomic mass is 16.6. The van der Waals surface area contributed by atoms with Gasteiger partial charge in [-0.15, -0.1) is 0 Å². The first-order chi connectivity index (χ1) is 9.90. The monoisotopic (exact) mass is 284 g/mol. The molecule has 0 saturated carbocycles. The molecule has 0 saturated heterocycles. The lowest BCUT2D eigenvalue weighted by atomic mass is 10.0. The summed E-state index contributed by atoms with van der Waals surface area (Å²) in [7, 11) is 0. The number of benzene rings is 2. The van der Waals surface area contributed by atoms with Crippen molar-refractivity contribution in [3.05, 3.63) is 68.8 Å². The Hall–Kier alpha value is -2.36. The van der Waals surface area contributed by atoms with Gasteiger partial charge >= 0.3 is 0 Å². The fourth-order valence-electron chi connectivity index (χ4n) is 2.54. The third-order valence-electron chi connectivity index (χ3n) is 3.77. The highest BCUT2D eigenvalue weighted by Crippen LogP contribution is 2.29. The van der Waals surface area contributed by atoms with Crippen molar-refractivity contribution in [1.82, 2.24) is 0 Å². The molecule has 0 aliphatic carbocycles. The highest BCUT2D eigenvalue weighted by molar-refractivity contribution is 5.60. The van der Waals surface area contributed by atoms with E-state index >= 15 is 0 Å². The Morgan fingerprint density at radius 1 is 1.05 bits per heavy atom. The molecule has 0 bridgehead atoms. The largest absolute Gasteiger partial charge is 0.378 e. The average Bonchev–Trinajstić information content (AvgIpc) is 2.42. The van der Waals surface area contributed by atoms with Crippen LogP contribution in [-0.2, 0) is 0 Å². The van der Waals surface area contributed by atoms with Crippen molar-refractivity contribution in [2.24, 2.45) is 0 Å². The molecule has 4 heteroatoms. The van der Waals surface area contributed by atoms with E-state index in [1.54, 1.807) is 13.0 Å². The van der Waals surface area contributed by atoms with Crippen LogP contribution in [-0.4, -0.2) is 4.92 Å². The van der Waals surface area contributed by atoms with Crippen LogP contribution in [0.3, 0.4) is 0 Å². The summed E-state index contributed by atoms with van der Waals surface area (Å²) in [5, 5.41) is 14.4. The molecule has 0 amide bonds. The summed E-state index contributed by atoms with van der Waals surface area (Å²) in [6.07, 6.45) is 0. The van der Waals surface area contributed by atoms with Crippen molar-refractivity contribution in [2.45, 2.75) is 33.7 Å². The van der Waals surface area contributed by atoms with Gasteiger partial charge in [0.1, 0.15) is 0 Å². The van der Waals surface area contributed by atoms with Crippen LogP contribution in [0.5, 0.6) is 0 Å². The quantitative estimate of drug-likeness (QED) is 0.654. The number of nitro benzene ring substituents is 1. The first-order valence-electron chi connectivity index (χ1n) is 6.98. The summed E-state index contributed by atoms with van der Waals surface area (Å²) in [5.74, 6) is 0. The van der Waals surface area contributed by atoms with Crippen LogP contribution in [0.25, 0.3) is 0 Å². The molecule has 4 nitrogen and oxygen atoms in total. The fraction of sp³-hybridized carbons (Fsp3) is 0.294. The second-order valence-electron chi connectivity index (χ2n) is 5.43. The number of nitrogens with zero attached hydrogens (tertiary/aromatic N) is 1. The molecule has 2 aromatic carbocycles. The first kappa shape index (κ1) is 15.0. The summed E-state index contributed by atoms with van der Waals surface area (Å²) in [4.78, 5) is 10.6. The molecular formula is C17H20N2O2. The molecule has 1 atom stereocenters. The van der Waals surface area contributed by atoms with Crippen LogP contribution in [0.2, 0.25) is 0 Å². The SMILES string of the molecule is Cc1cc([N+](=O)[O-])c(C)cc1NC(C)c1ccccc1C. The third-order valence-corrected chi connectivity index (χ3v) is 3.77. The van der Waals surface area contributed by atoms with Crippen molar-refractivity contribution in [1.29, 1.82) is 0 Å². The minimum absolute atomic E-state index is 0.144. The molecule has 21 heavy (non-hydrogen) atoms. The van der Waals surface area contributed by atoms with E-state index in [1.807, 2.05) is 25.1 Å². The predicted octanol–water partition coefficient (Wildman–Crippen LogP) is 4.69. The van der Waals surface area contributed by atoms with E-state index in [4.69, 9.17) is 0 Å². The maximum atomic E-state index is 11.0. The zero-order chi connectivity index (χ0) is 15.6. The van der Waals surface area contributed by atoms with Gasteiger partial charge in [-0.05, 0) is 50.5 Å². The van der Waals surface area contributed by atoms with Gasteiger partial charge in [-0.2, -0.15) is 0 Å². The molecule has 0 fully saturated rings. The Bertz CT molecular complexity index is 680. The summed E-state index contributed by atoms with van der Waals surface area (Å²) < 4.78 is 0. The lowest BCUT2D eigenvalue weighted by molar-refractivity contribution is -0.385. The summed E-state index contributed by atoms with van der Waals surface area (Å²) in [6.45, 7) is 7.83. The second kappa shape index (κ2) is 5.95. The van der Waals surface area contributed by atoms with E-state index in [-0.39, 0.29) is 16.7 Å². The smallest absolute Gasteiger partial charge is 0.272 e. The molecule has 0 radical (unpaired) electrons. The van der Waals surface area contributed by atoms with E-state index in [0.29, 0.717) is 5.56 Å². The van der Waals surface area contributed by atoms with Gasteiger partial charge in [0, 0.05) is 23.4 Å². The minimum atomic E-state index is -0.336.